The van der Waals surface area contributed by atoms with E-state index in [-0.39, 0.29) is 53.8 Å². The molecule has 3 amide bonds. The van der Waals surface area contributed by atoms with Gasteiger partial charge in [0.1, 0.15) is 40.8 Å². The minimum absolute atomic E-state index is 0. The lowest BCUT2D eigenvalue weighted by Crippen LogP contribution is -2.44. The van der Waals surface area contributed by atoms with Crippen molar-refractivity contribution in [1.82, 2.24) is 15.2 Å². The van der Waals surface area contributed by atoms with E-state index in [1.54, 1.807) is 74.5 Å². The van der Waals surface area contributed by atoms with Gasteiger partial charge in [-0.1, -0.05) is 0 Å². The number of urea groups is 1. The molecule has 2 aliphatic rings. The molecule has 3 heterocycles. The number of rotatable bonds is 8. The first kappa shape index (κ1) is 50.0. The van der Waals surface area contributed by atoms with Crippen LogP contribution in [0.15, 0.2) is 85.2 Å². The number of nitrogens with two attached hydrogens (primary N) is 1. The van der Waals surface area contributed by atoms with E-state index in [4.69, 9.17) is 24.7 Å². The number of amides is 3. The van der Waals surface area contributed by atoms with Gasteiger partial charge in [0.05, 0.1) is 11.1 Å². The fourth-order valence-corrected chi connectivity index (χ4v) is 6.00. The Kier molecular flexibility index (Phi) is 18.0. The maximum absolute atomic E-state index is 13.6. The van der Waals surface area contributed by atoms with Crippen LogP contribution in [0.25, 0.3) is 0 Å². The van der Waals surface area contributed by atoms with Crippen molar-refractivity contribution >= 4 is 54.0 Å². The summed E-state index contributed by atoms with van der Waals surface area (Å²) in [5.74, 6) is 0.686. The smallest absolute Gasteiger partial charge is 0.420 e. The second kappa shape index (κ2) is 22.0. The van der Waals surface area contributed by atoms with E-state index in [1.165, 1.54) is 24.3 Å². The summed E-state index contributed by atoms with van der Waals surface area (Å²) in [6.45, 7) is 7.47. The van der Waals surface area contributed by atoms with Crippen LogP contribution in [-0.2, 0) is 17.1 Å². The molecule has 61 heavy (non-hydrogen) atoms. The molecule has 1 aromatic heterocycles. The van der Waals surface area contributed by atoms with Crippen LogP contribution in [0, 0.1) is 0 Å². The number of likely N-dealkylation sites (tertiary alicyclic amines) is 1. The number of hydrogen-bond acceptors (Lipinski definition) is 9. The number of ether oxygens (including phenoxy) is 4. The van der Waals surface area contributed by atoms with Gasteiger partial charge in [-0.15, -0.1) is 24.8 Å². The predicted molar refractivity (Wildman–Crippen MR) is 223 cm³/mol. The standard InChI is InChI=1S/C24H23F3N4O3.C17H23F3N2O3.2ClH/c25-24(26,27)21-15-17(3-6-22(21)34-20-9-13-29-14-10-20)31-23(32)30-16-1-4-18(5-2-16)33-19-7-11-28-12-8-19;1-16(2,3)25-15(23)22-8-6-12(7-9-22)24-14-5-4-11(21)10-13(14)17(18,19)20;;/h1-8,11-12,15,20,29H,9-10,13-14H2,(H2,30,31,32);4-5,10,12H,6-9,21H2,1-3H3;2*1H. The predicted octanol–water partition coefficient (Wildman–Crippen LogP) is 10.6. The highest BCUT2D eigenvalue weighted by atomic mass is 35.5. The van der Waals surface area contributed by atoms with Crippen molar-refractivity contribution < 1.29 is 54.9 Å². The van der Waals surface area contributed by atoms with E-state index in [9.17, 15) is 35.9 Å². The van der Waals surface area contributed by atoms with Crippen LogP contribution in [0.1, 0.15) is 57.6 Å². The van der Waals surface area contributed by atoms with Crippen LogP contribution in [0.5, 0.6) is 23.0 Å². The number of carbonyl (C=O) groups is 2. The summed E-state index contributed by atoms with van der Waals surface area (Å²) in [4.78, 5) is 29.8. The topological polar surface area (TPSA) is 149 Å². The first-order valence-corrected chi connectivity index (χ1v) is 18.8. The number of nitrogens with one attached hydrogen (secondary N) is 3. The maximum atomic E-state index is 13.6. The molecular formula is C41H48Cl2F6N6O6. The lowest BCUT2D eigenvalue weighted by molar-refractivity contribution is -0.140. The van der Waals surface area contributed by atoms with Gasteiger partial charge in [0, 0.05) is 55.4 Å². The zero-order chi connectivity index (χ0) is 42.8. The number of hydrogen-bond donors (Lipinski definition) is 4. The highest BCUT2D eigenvalue weighted by Crippen LogP contribution is 2.40. The van der Waals surface area contributed by atoms with Gasteiger partial charge in [-0.3, -0.25) is 4.98 Å². The second-order valence-electron chi connectivity index (χ2n) is 14.7. The fourth-order valence-electron chi connectivity index (χ4n) is 6.00. The van der Waals surface area contributed by atoms with Crippen LogP contribution >= 0.6 is 24.8 Å². The van der Waals surface area contributed by atoms with E-state index in [1.807, 2.05) is 0 Å². The van der Waals surface area contributed by atoms with Crippen molar-refractivity contribution in [3.63, 3.8) is 0 Å². The summed E-state index contributed by atoms with van der Waals surface area (Å²) in [7, 11) is 0. The minimum Gasteiger partial charge on any atom is -0.490 e. The number of pyridine rings is 1. The summed E-state index contributed by atoms with van der Waals surface area (Å²) in [5, 5.41) is 8.16. The number of nitrogens with zero attached hydrogens (tertiary/aromatic N) is 2. The molecule has 0 radical (unpaired) electrons. The Labute approximate surface area is 361 Å². The molecule has 3 aromatic carbocycles. The number of anilines is 3. The Morgan fingerprint density at radius 1 is 0.705 bits per heavy atom. The summed E-state index contributed by atoms with van der Waals surface area (Å²) < 4.78 is 102. The van der Waals surface area contributed by atoms with Crippen molar-refractivity contribution in [3.05, 3.63) is 96.3 Å². The molecule has 20 heteroatoms. The van der Waals surface area contributed by atoms with Gasteiger partial charge in [-0.2, -0.15) is 26.3 Å². The minimum atomic E-state index is -4.62. The van der Waals surface area contributed by atoms with Crippen LogP contribution in [-0.4, -0.2) is 66.0 Å². The molecule has 2 aliphatic heterocycles. The molecule has 12 nitrogen and oxygen atoms in total. The molecule has 6 rings (SSSR count). The number of halogens is 8. The van der Waals surface area contributed by atoms with Gasteiger partial charge in [0.2, 0.25) is 0 Å². The number of carbonyl (C=O) groups excluding carboxylic acids is 2. The number of piperidine rings is 2. The summed E-state index contributed by atoms with van der Waals surface area (Å²) in [6.07, 6.45) is -4.94. The van der Waals surface area contributed by atoms with E-state index in [0.29, 0.717) is 69.0 Å². The van der Waals surface area contributed by atoms with Crippen LogP contribution < -0.4 is 35.9 Å². The van der Waals surface area contributed by atoms with Gasteiger partial charge in [-0.05, 0) is 119 Å². The first-order valence-electron chi connectivity index (χ1n) is 18.8. The largest absolute Gasteiger partial charge is 0.490 e. The SMILES string of the molecule is CC(C)(C)OC(=O)N1CCC(Oc2ccc(N)cc2C(F)(F)F)CC1.Cl.Cl.O=C(Nc1ccc(Oc2ccncc2)cc1)Nc1ccc(OC2CCNCC2)c(C(F)(F)F)c1. The van der Waals surface area contributed by atoms with E-state index in [0.717, 1.165) is 12.1 Å². The maximum Gasteiger partial charge on any atom is 0.420 e. The highest BCUT2D eigenvalue weighted by molar-refractivity contribution is 5.99. The molecule has 2 saturated heterocycles. The lowest BCUT2D eigenvalue weighted by atomic mass is 10.1. The zero-order valence-corrected chi connectivity index (χ0v) is 35.0. The third-order valence-electron chi connectivity index (χ3n) is 8.82. The molecule has 5 N–H and O–H groups in total. The number of alkyl halides is 6. The molecular weight excluding hydrogens is 857 g/mol. The van der Waals surface area contributed by atoms with Gasteiger partial charge in [0.25, 0.3) is 0 Å². The zero-order valence-electron chi connectivity index (χ0n) is 33.4. The third-order valence-corrected chi connectivity index (χ3v) is 8.82. The van der Waals surface area contributed by atoms with Crippen LogP contribution in [0.3, 0.4) is 0 Å². The molecule has 0 atom stereocenters. The Balaban J connectivity index is 0.000000330. The Morgan fingerprint density at radius 2 is 1.20 bits per heavy atom. The summed E-state index contributed by atoms with van der Waals surface area (Å²) in [6, 6.07) is 16.3. The molecule has 0 aliphatic carbocycles. The highest BCUT2D eigenvalue weighted by Gasteiger charge is 2.37. The molecule has 2 fully saturated rings. The van der Waals surface area contributed by atoms with Crippen molar-refractivity contribution in [2.45, 2.75) is 76.6 Å². The monoisotopic (exact) mass is 904 g/mol. The van der Waals surface area contributed by atoms with Crippen LogP contribution in [0.4, 0.5) is 53.0 Å². The molecule has 4 aromatic rings. The summed E-state index contributed by atoms with van der Waals surface area (Å²) >= 11 is 0. The summed E-state index contributed by atoms with van der Waals surface area (Å²) in [5.41, 5.74) is 3.52. The van der Waals surface area contributed by atoms with E-state index < -0.39 is 47.3 Å². The van der Waals surface area contributed by atoms with Crippen LogP contribution in [0.2, 0.25) is 0 Å². The molecule has 0 unspecified atom stereocenters. The Hall–Kier alpha value is -5.33. The normalized spacial score (nSPS) is 14.8. The average molecular weight is 906 g/mol. The van der Waals surface area contributed by atoms with Gasteiger partial charge in [0.15, 0.2) is 0 Å². The third kappa shape index (κ3) is 15.9. The Bertz CT molecular complexity index is 2010. The number of benzene rings is 3. The number of nitrogen functional groups attached to an aromatic ring is 1. The Morgan fingerprint density at radius 3 is 1.75 bits per heavy atom. The quantitative estimate of drug-likeness (QED) is 0.100. The fraction of sp³-hybridized carbons (Fsp3) is 0.390. The van der Waals surface area contributed by atoms with E-state index in [2.05, 4.69) is 20.9 Å². The van der Waals surface area contributed by atoms with Gasteiger partial charge >= 0.3 is 24.5 Å². The van der Waals surface area contributed by atoms with Crippen molar-refractivity contribution in [2.75, 3.05) is 42.5 Å². The lowest BCUT2D eigenvalue weighted by Gasteiger charge is -2.33. The molecule has 334 valence electrons. The van der Waals surface area contributed by atoms with Gasteiger partial charge in [-0.25, -0.2) is 9.59 Å². The van der Waals surface area contributed by atoms with Crippen molar-refractivity contribution in [3.8, 4) is 23.0 Å². The van der Waals surface area contributed by atoms with Gasteiger partial charge < -0.3 is 45.5 Å². The van der Waals surface area contributed by atoms with Crippen molar-refractivity contribution in [2.24, 2.45) is 0 Å². The number of aromatic nitrogens is 1. The molecule has 0 spiro atoms. The van der Waals surface area contributed by atoms with Crippen molar-refractivity contribution in [1.29, 1.82) is 0 Å². The molecule has 0 bridgehead atoms. The molecule has 0 saturated carbocycles. The first-order chi connectivity index (χ1) is 27.8. The van der Waals surface area contributed by atoms with E-state index >= 15 is 0 Å². The average Bonchev–Trinajstić information content (AvgIpc) is 3.17. The second-order valence-corrected chi connectivity index (χ2v) is 14.7.